The molecule has 0 bridgehead atoms. The molecule has 0 spiro atoms. The first-order valence-electron chi connectivity index (χ1n) is 7.83. The molecule has 3 rings (SSSR count). The molecule has 1 fully saturated rings. The third kappa shape index (κ3) is 3.59. The number of hydrogen-bond donors (Lipinski definition) is 2. The fourth-order valence-electron chi connectivity index (χ4n) is 2.43. The van der Waals surface area contributed by atoms with Gasteiger partial charge >= 0.3 is 0 Å². The van der Waals surface area contributed by atoms with E-state index < -0.39 is 0 Å². The lowest BCUT2D eigenvalue weighted by Crippen LogP contribution is -2.25. The molecule has 0 saturated heterocycles. The summed E-state index contributed by atoms with van der Waals surface area (Å²) in [6.45, 7) is 3.92. The molecule has 1 aliphatic rings. The number of amides is 2. The number of benzene rings is 2. The first kappa shape index (κ1) is 15.3. The Kier molecular flexibility index (Phi) is 4.15. The van der Waals surface area contributed by atoms with Crippen LogP contribution in [0.3, 0.4) is 0 Å². The van der Waals surface area contributed by atoms with Crippen LogP contribution in [0.25, 0.3) is 0 Å². The van der Waals surface area contributed by atoms with Crippen LogP contribution in [0, 0.1) is 13.8 Å². The Balaban J connectivity index is 1.75. The minimum absolute atomic E-state index is 0.0877. The Morgan fingerprint density at radius 1 is 1.00 bits per heavy atom. The quantitative estimate of drug-likeness (QED) is 0.909. The Bertz CT molecular complexity index is 764. The highest BCUT2D eigenvalue weighted by atomic mass is 16.2. The standard InChI is InChI=1S/C19H20N2O2/c1-12-5-3-8-17(13(12)2)19(23)21-16-7-4-6-14(11-16)18(22)20-15-9-10-15/h3-8,11,15H,9-10H2,1-2H3,(H,20,22)(H,21,23). The number of hydrogen-bond acceptors (Lipinski definition) is 2. The van der Waals surface area contributed by atoms with Crippen molar-refractivity contribution in [2.24, 2.45) is 0 Å². The van der Waals surface area contributed by atoms with Crippen molar-refractivity contribution in [2.75, 3.05) is 5.32 Å². The molecule has 1 saturated carbocycles. The number of aryl methyl sites for hydroxylation is 1. The lowest BCUT2D eigenvalue weighted by Gasteiger charge is -2.10. The van der Waals surface area contributed by atoms with Crippen LogP contribution in [0.2, 0.25) is 0 Å². The fourth-order valence-corrected chi connectivity index (χ4v) is 2.43. The molecule has 2 N–H and O–H groups in total. The largest absolute Gasteiger partial charge is 0.349 e. The minimum atomic E-state index is -0.161. The average molecular weight is 308 g/mol. The summed E-state index contributed by atoms with van der Waals surface area (Å²) in [5.41, 5.74) is 3.88. The zero-order valence-corrected chi connectivity index (χ0v) is 13.3. The Morgan fingerprint density at radius 2 is 1.74 bits per heavy atom. The van der Waals surface area contributed by atoms with E-state index in [-0.39, 0.29) is 11.8 Å². The molecule has 1 aliphatic carbocycles. The molecular weight excluding hydrogens is 288 g/mol. The van der Waals surface area contributed by atoms with Gasteiger partial charge in [-0.05, 0) is 62.1 Å². The van der Waals surface area contributed by atoms with Crippen molar-refractivity contribution in [3.8, 4) is 0 Å². The van der Waals surface area contributed by atoms with Crippen molar-refractivity contribution in [1.82, 2.24) is 5.32 Å². The summed E-state index contributed by atoms with van der Waals surface area (Å²) in [5.74, 6) is -0.249. The summed E-state index contributed by atoms with van der Waals surface area (Å²) in [7, 11) is 0. The zero-order valence-electron chi connectivity index (χ0n) is 13.3. The lowest BCUT2D eigenvalue weighted by molar-refractivity contribution is 0.0949. The Morgan fingerprint density at radius 3 is 2.48 bits per heavy atom. The van der Waals surface area contributed by atoms with E-state index in [1.165, 1.54) is 0 Å². The lowest BCUT2D eigenvalue weighted by atomic mass is 10.0. The predicted molar refractivity (Wildman–Crippen MR) is 90.8 cm³/mol. The van der Waals surface area contributed by atoms with Gasteiger partial charge in [0.05, 0.1) is 0 Å². The van der Waals surface area contributed by atoms with Gasteiger partial charge in [-0.2, -0.15) is 0 Å². The molecule has 4 heteroatoms. The van der Waals surface area contributed by atoms with Crippen molar-refractivity contribution in [3.05, 3.63) is 64.7 Å². The van der Waals surface area contributed by atoms with Gasteiger partial charge in [-0.3, -0.25) is 9.59 Å². The molecule has 2 amide bonds. The molecule has 0 atom stereocenters. The van der Waals surface area contributed by atoms with Crippen LogP contribution in [-0.4, -0.2) is 17.9 Å². The normalized spacial score (nSPS) is 13.5. The molecular formula is C19H20N2O2. The van der Waals surface area contributed by atoms with Gasteiger partial charge in [0, 0.05) is 22.9 Å². The van der Waals surface area contributed by atoms with E-state index in [9.17, 15) is 9.59 Å². The molecule has 0 heterocycles. The van der Waals surface area contributed by atoms with Gasteiger partial charge in [0.2, 0.25) is 0 Å². The molecule has 0 aromatic heterocycles. The number of rotatable bonds is 4. The van der Waals surface area contributed by atoms with Crippen molar-refractivity contribution < 1.29 is 9.59 Å². The Hall–Kier alpha value is -2.62. The van der Waals surface area contributed by atoms with Crippen molar-refractivity contribution in [1.29, 1.82) is 0 Å². The molecule has 4 nitrogen and oxygen atoms in total. The summed E-state index contributed by atoms with van der Waals surface area (Å²) in [4.78, 5) is 24.5. The maximum Gasteiger partial charge on any atom is 0.255 e. The predicted octanol–water partition coefficient (Wildman–Crippen LogP) is 3.45. The molecule has 23 heavy (non-hydrogen) atoms. The third-order valence-corrected chi connectivity index (χ3v) is 4.14. The SMILES string of the molecule is Cc1cccc(C(=O)Nc2cccc(C(=O)NC3CC3)c2)c1C. The summed E-state index contributed by atoms with van der Waals surface area (Å²) in [6, 6.07) is 13.0. The van der Waals surface area contributed by atoms with Crippen molar-refractivity contribution >= 4 is 17.5 Å². The van der Waals surface area contributed by atoms with Crippen LogP contribution in [-0.2, 0) is 0 Å². The summed E-state index contributed by atoms with van der Waals surface area (Å²) >= 11 is 0. The van der Waals surface area contributed by atoms with Crippen LogP contribution < -0.4 is 10.6 Å². The highest BCUT2D eigenvalue weighted by Crippen LogP contribution is 2.20. The van der Waals surface area contributed by atoms with Crippen molar-refractivity contribution in [3.63, 3.8) is 0 Å². The van der Waals surface area contributed by atoms with E-state index in [1.807, 2.05) is 26.0 Å². The number of carbonyl (C=O) groups is 2. The highest BCUT2D eigenvalue weighted by Gasteiger charge is 2.23. The topological polar surface area (TPSA) is 58.2 Å². The second-order valence-corrected chi connectivity index (χ2v) is 6.03. The van der Waals surface area contributed by atoms with Crippen LogP contribution in [0.1, 0.15) is 44.7 Å². The molecule has 0 unspecified atom stereocenters. The van der Waals surface area contributed by atoms with Gasteiger partial charge in [-0.1, -0.05) is 18.2 Å². The second-order valence-electron chi connectivity index (χ2n) is 6.03. The molecule has 0 aliphatic heterocycles. The summed E-state index contributed by atoms with van der Waals surface area (Å²) < 4.78 is 0. The summed E-state index contributed by atoms with van der Waals surface area (Å²) in [5, 5.41) is 5.82. The van der Waals surface area contributed by atoms with E-state index in [0.717, 1.165) is 24.0 Å². The van der Waals surface area contributed by atoms with Crippen LogP contribution in [0.5, 0.6) is 0 Å². The molecule has 0 radical (unpaired) electrons. The fraction of sp³-hybridized carbons (Fsp3) is 0.263. The van der Waals surface area contributed by atoms with Gasteiger partial charge in [-0.15, -0.1) is 0 Å². The highest BCUT2D eigenvalue weighted by molar-refractivity contribution is 6.06. The molecule has 2 aromatic rings. The number of carbonyl (C=O) groups excluding carboxylic acids is 2. The maximum absolute atomic E-state index is 12.4. The van der Waals surface area contributed by atoms with Gasteiger partial charge in [-0.25, -0.2) is 0 Å². The first-order valence-corrected chi connectivity index (χ1v) is 7.83. The number of nitrogens with one attached hydrogen (secondary N) is 2. The monoisotopic (exact) mass is 308 g/mol. The third-order valence-electron chi connectivity index (χ3n) is 4.14. The molecule has 2 aromatic carbocycles. The zero-order chi connectivity index (χ0) is 16.4. The van der Waals surface area contributed by atoms with E-state index in [0.29, 0.717) is 22.9 Å². The van der Waals surface area contributed by atoms with Crippen molar-refractivity contribution in [2.45, 2.75) is 32.7 Å². The minimum Gasteiger partial charge on any atom is -0.349 e. The van der Waals surface area contributed by atoms with Gasteiger partial charge in [0.1, 0.15) is 0 Å². The first-order chi connectivity index (χ1) is 11.0. The van der Waals surface area contributed by atoms with Gasteiger partial charge in [0.15, 0.2) is 0 Å². The van der Waals surface area contributed by atoms with Gasteiger partial charge in [0.25, 0.3) is 11.8 Å². The Labute approximate surface area is 135 Å². The van der Waals surface area contributed by atoms with Crippen LogP contribution in [0.15, 0.2) is 42.5 Å². The van der Waals surface area contributed by atoms with Crippen LogP contribution >= 0.6 is 0 Å². The molecule has 118 valence electrons. The van der Waals surface area contributed by atoms with Gasteiger partial charge < -0.3 is 10.6 Å². The van der Waals surface area contributed by atoms with E-state index in [2.05, 4.69) is 10.6 Å². The van der Waals surface area contributed by atoms with E-state index in [1.54, 1.807) is 30.3 Å². The van der Waals surface area contributed by atoms with E-state index >= 15 is 0 Å². The smallest absolute Gasteiger partial charge is 0.255 e. The average Bonchev–Trinajstić information content (AvgIpc) is 3.34. The summed E-state index contributed by atoms with van der Waals surface area (Å²) in [6.07, 6.45) is 2.10. The van der Waals surface area contributed by atoms with E-state index in [4.69, 9.17) is 0 Å². The second kappa shape index (κ2) is 6.24. The number of anilines is 1. The maximum atomic E-state index is 12.4. The van der Waals surface area contributed by atoms with Crippen LogP contribution in [0.4, 0.5) is 5.69 Å².